The van der Waals surface area contributed by atoms with Crippen molar-refractivity contribution in [3.05, 3.63) is 60.2 Å². The van der Waals surface area contributed by atoms with Gasteiger partial charge in [0.15, 0.2) is 0 Å². The molecular weight excluding hydrogens is 264 g/mol. The van der Waals surface area contributed by atoms with Crippen LogP contribution in [0.1, 0.15) is 52.0 Å². The minimum absolute atomic E-state index is 0.267. The Kier molecular flexibility index (Phi) is 3.95. The fraction of sp³-hybridized carbons (Fsp3) is 0.364. The van der Waals surface area contributed by atoms with Gasteiger partial charge in [0, 0.05) is 0 Å². The third-order valence-corrected chi connectivity index (χ3v) is 4.78. The Labute approximate surface area is 134 Å². The monoisotopic (exact) mass is 290 g/mol. The molecule has 0 heteroatoms. The van der Waals surface area contributed by atoms with Crippen molar-refractivity contribution in [1.82, 2.24) is 0 Å². The lowest BCUT2D eigenvalue weighted by Crippen LogP contribution is -2.19. The zero-order valence-corrected chi connectivity index (χ0v) is 14.2. The third kappa shape index (κ3) is 2.63. The van der Waals surface area contributed by atoms with Crippen LogP contribution in [-0.4, -0.2) is 0 Å². The van der Waals surface area contributed by atoms with Gasteiger partial charge >= 0.3 is 0 Å². The van der Waals surface area contributed by atoms with Crippen molar-refractivity contribution in [1.29, 1.82) is 0 Å². The van der Waals surface area contributed by atoms with Crippen LogP contribution in [0.4, 0.5) is 0 Å². The van der Waals surface area contributed by atoms with Crippen molar-refractivity contribution >= 4 is 21.5 Å². The van der Waals surface area contributed by atoms with E-state index in [1.165, 1.54) is 34.4 Å². The van der Waals surface area contributed by atoms with Gasteiger partial charge in [0.1, 0.15) is 0 Å². The molecule has 1 unspecified atom stereocenters. The molecule has 0 fully saturated rings. The smallest absolute Gasteiger partial charge is 0.0101 e. The summed E-state index contributed by atoms with van der Waals surface area (Å²) in [5.41, 5.74) is 1.81. The van der Waals surface area contributed by atoms with E-state index in [4.69, 9.17) is 0 Å². The molecule has 0 nitrogen and oxygen atoms in total. The predicted octanol–water partition coefficient (Wildman–Crippen LogP) is 6.92. The van der Waals surface area contributed by atoms with Gasteiger partial charge in [-0.1, -0.05) is 82.6 Å². The first-order chi connectivity index (χ1) is 10.5. The topological polar surface area (TPSA) is 0 Å². The molecule has 3 aromatic carbocycles. The average Bonchev–Trinajstić information content (AvgIpc) is 2.49. The normalized spacial score (nSPS) is 13.6. The predicted molar refractivity (Wildman–Crippen MR) is 98.6 cm³/mol. The molecule has 0 bridgehead atoms. The largest absolute Gasteiger partial charge is 0.0654 e. The van der Waals surface area contributed by atoms with Crippen LogP contribution in [0.2, 0.25) is 0 Å². The van der Waals surface area contributed by atoms with E-state index in [0.29, 0.717) is 5.92 Å². The van der Waals surface area contributed by atoms with Gasteiger partial charge < -0.3 is 0 Å². The average molecular weight is 290 g/mol. The Bertz CT molecular complexity index is 736. The highest BCUT2D eigenvalue weighted by Gasteiger charge is 2.28. The van der Waals surface area contributed by atoms with Gasteiger partial charge in [-0.2, -0.15) is 0 Å². The molecule has 0 spiro atoms. The Hall–Kier alpha value is -1.82. The molecule has 0 amide bonds. The maximum atomic E-state index is 2.38. The Morgan fingerprint density at radius 3 is 1.77 bits per heavy atom. The second-order valence-electron chi connectivity index (χ2n) is 7.44. The van der Waals surface area contributed by atoms with Crippen molar-refractivity contribution in [2.75, 3.05) is 0 Å². The van der Waals surface area contributed by atoms with E-state index in [1.807, 2.05) is 0 Å². The van der Waals surface area contributed by atoms with Gasteiger partial charge in [0.25, 0.3) is 0 Å². The second-order valence-corrected chi connectivity index (χ2v) is 7.44. The van der Waals surface area contributed by atoms with Gasteiger partial charge in [-0.15, -0.1) is 0 Å². The van der Waals surface area contributed by atoms with Crippen LogP contribution in [0.25, 0.3) is 21.5 Å². The van der Waals surface area contributed by atoms with Crippen molar-refractivity contribution in [3.8, 4) is 0 Å². The molecule has 1 atom stereocenters. The van der Waals surface area contributed by atoms with Gasteiger partial charge in [-0.05, 0) is 50.9 Å². The third-order valence-electron chi connectivity index (χ3n) is 4.78. The summed E-state index contributed by atoms with van der Waals surface area (Å²) in [4.78, 5) is 0. The van der Waals surface area contributed by atoms with E-state index in [2.05, 4.69) is 82.3 Å². The lowest BCUT2D eigenvalue weighted by atomic mass is 9.71. The summed E-state index contributed by atoms with van der Waals surface area (Å²) in [5, 5.41) is 5.58. The number of rotatable bonds is 3. The highest BCUT2D eigenvalue weighted by atomic mass is 14.3. The first kappa shape index (κ1) is 15.1. The Morgan fingerprint density at radius 1 is 0.818 bits per heavy atom. The molecular formula is C22H26. The molecule has 0 aliphatic rings. The second kappa shape index (κ2) is 5.76. The first-order valence-corrected chi connectivity index (χ1v) is 8.42. The summed E-state index contributed by atoms with van der Waals surface area (Å²) < 4.78 is 0. The van der Waals surface area contributed by atoms with Gasteiger partial charge in [0.05, 0.1) is 0 Å². The zero-order valence-electron chi connectivity index (χ0n) is 14.2. The van der Waals surface area contributed by atoms with Crippen LogP contribution in [-0.2, 0) is 0 Å². The molecule has 22 heavy (non-hydrogen) atoms. The summed E-state index contributed by atoms with van der Waals surface area (Å²) >= 11 is 0. The molecule has 114 valence electrons. The fourth-order valence-electron chi connectivity index (χ4n) is 3.72. The number of fused-ring (bicyclic) bond motifs is 2. The lowest BCUT2D eigenvalue weighted by molar-refractivity contribution is 0.306. The number of benzene rings is 3. The molecule has 0 aliphatic carbocycles. The van der Waals surface area contributed by atoms with Crippen LogP contribution >= 0.6 is 0 Å². The van der Waals surface area contributed by atoms with Crippen LogP contribution < -0.4 is 0 Å². The zero-order chi connectivity index (χ0) is 15.7. The molecule has 0 aliphatic heterocycles. The molecule has 0 saturated carbocycles. The van der Waals surface area contributed by atoms with Crippen LogP contribution in [0.15, 0.2) is 54.6 Å². The summed E-state index contributed by atoms with van der Waals surface area (Å²) in [5.74, 6) is 0.577. The number of hydrogen-bond acceptors (Lipinski definition) is 0. The van der Waals surface area contributed by atoms with Gasteiger partial charge in [-0.3, -0.25) is 0 Å². The van der Waals surface area contributed by atoms with E-state index in [1.54, 1.807) is 5.56 Å². The highest BCUT2D eigenvalue weighted by Crippen LogP contribution is 2.44. The van der Waals surface area contributed by atoms with E-state index < -0.39 is 0 Å². The molecule has 3 rings (SSSR count). The SMILES string of the molecule is CCCC(c1c2ccccc2cc2ccccc12)C(C)(C)C. The summed E-state index contributed by atoms with van der Waals surface area (Å²) in [6, 6.07) is 20.1. The summed E-state index contributed by atoms with van der Waals surface area (Å²) in [6.45, 7) is 9.43. The summed E-state index contributed by atoms with van der Waals surface area (Å²) in [7, 11) is 0. The van der Waals surface area contributed by atoms with Crippen molar-refractivity contribution in [2.45, 2.75) is 46.5 Å². The van der Waals surface area contributed by atoms with Crippen molar-refractivity contribution in [2.24, 2.45) is 5.41 Å². The van der Waals surface area contributed by atoms with E-state index in [0.717, 1.165) is 0 Å². The van der Waals surface area contributed by atoms with E-state index in [9.17, 15) is 0 Å². The minimum Gasteiger partial charge on any atom is -0.0654 e. The van der Waals surface area contributed by atoms with E-state index >= 15 is 0 Å². The molecule has 0 radical (unpaired) electrons. The minimum atomic E-state index is 0.267. The van der Waals surface area contributed by atoms with Gasteiger partial charge in [0.2, 0.25) is 0 Å². The Morgan fingerprint density at radius 2 is 1.32 bits per heavy atom. The fourth-order valence-corrected chi connectivity index (χ4v) is 3.72. The van der Waals surface area contributed by atoms with Crippen LogP contribution in [0.5, 0.6) is 0 Å². The molecule has 0 N–H and O–H groups in total. The van der Waals surface area contributed by atoms with Crippen LogP contribution in [0, 0.1) is 5.41 Å². The van der Waals surface area contributed by atoms with Crippen molar-refractivity contribution < 1.29 is 0 Å². The molecule has 0 aromatic heterocycles. The lowest BCUT2D eigenvalue weighted by Gasteiger charge is -2.33. The molecule has 0 heterocycles. The van der Waals surface area contributed by atoms with Crippen molar-refractivity contribution in [3.63, 3.8) is 0 Å². The number of hydrogen-bond donors (Lipinski definition) is 0. The maximum absolute atomic E-state index is 2.38. The van der Waals surface area contributed by atoms with Gasteiger partial charge in [-0.25, -0.2) is 0 Å². The molecule has 0 saturated heterocycles. The van der Waals surface area contributed by atoms with Crippen LogP contribution in [0.3, 0.4) is 0 Å². The quantitative estimate of drug-likeness (QED) is 0.459. The Balaban J connectivity index is 2.41. The standard InChI is InChI=1S/C22H26/c1-5-10-20(22(2,3)4)21-18-13-8-6-11-16(18)15-17-12-7-9-14-19(17)21/h6-9,11-15,20H,5,10H2,1-4H3. The maximum Gasteiger partial charge on any atom is -0.0101 e. The van der Waals surface area contributed by atoms with E-state index in [-0.39, 0.29) is 5.41 Å². The highest BCUT2D eigenvalue weighted by molar-refractivity contribution is 6.02. The first-order valence-electron chi connectivity index (χ1n) is 8.42. The summed E-state index contributed by atoms with van der Waals surface area (Å²) in [6.07, 6.45) is 2.46. The molecule has 3 aromatic rings.